The fourth-order valence-electron chi connectivity index (χ4n) is 3.08. The maximum Gasteiger partial charge on any atom is 0.237 e. The van der Waals surface area contributed by atoms with E-state index in [0.29, 0.717) is 19.5 Å². The number of hydrogen-bond donors (Lipinski definition) is 3. The molecule has 2 aliphatic heterocycles. The lowest BCUT2D eigenvalue weighted by Crippen LogP contribution is -2.40. The van der Waals surface area contributed by atoms with E-state index in [9.17, 15) is 9.90 Å². The standard InChI is InChI=1S/C17H25N3O3.2ClH/c21-15-9-16(18-11-15)17(22)19-10-13-2-1-3-14(8-13)12-20-4-6-23-7-5-20;;/h1-3,8,15-16,18,21H,4-7,9-12H2,(H,19,22);2*1H. The van der Waals surface area contributed by atoms with Crippen molar-refractivity contribution in [1.82, 2.24) is 15.5 Å². The predicted molar refractivity (Wildman–Crippen MR) is 101 cm³/mol. The molecule has 2 atom stereocenters. The van der Waals surface area contributed by atoms with Crippen LogP contribution in [0.1, 0.15) is 17.5 Å². The zero-order valence-electron chi connectivity index (χ0n) is 14.1. The van der Waals surface area contributed by atoms with E-state index in [4.69, 9.17) is 4.74 Å². The first-order chi connectivity index (χ1) is 11.2. The Morgan fingerprint density at radius 3 is 2.68 bits per heavy atom. The summed E-state index contributed by atoms with van der Waals surface area (Å²) in [5.41, 5.74) is 2.36. The van der Waals surface area contributed by atoms with Gasteiger partial charge in [0.25, 0.3) is 0 Å². The largest absolute Gasteiger partial charge is 0.392 e. The number of aliphatic hydroxyl groups is 1. The molecule has 3 N–H and O–H groups in total. The molecule has 1 amide bonds. The second-order valence-electron chi connectivity index (χ2n) is 6.28. The van der Waals surface area contributed by atoms with Gasteiger partial charge >= 0.3 is 0 Å². The van der Waals surface area contributed by atoms with E-state index in [1.807, 2.05) is 12.1 Å². The van der Waals surface area contributed by atoms with Crippen molar-refractivity contribution in [3.05, 3.63) is 35.4 Å². The predicted octanol–water partition coefficient (Wildman–Crippen LogP) is 0.701. The fraction of sp³-hybridized carbons (Fsp3) is 0.588. The number of hydrogen-bond acceptors (Lipinski definition) is 5. The summed E-state index contributed by atoms with van der Waals surface area (Å²) < 4.78 is 5.37. The number of carbonyl (C=O) groups excluding carboxylic acids is 1. The van der Waals surface area contributed by atoms with Crippen molar-refractivity contribution >= 4 is 30.7 Å². The third kappa shape index (κ3) is 6.73. The summed E-state index contributed by atoms with van der Waals surface area (Å²) in [7, 11) is 0. The zero-order valence-corrected chi connectivity index (χ0v) is 15.8. The molecule has 0 saturated carbocycles. The van der Waals surface area contributed by atoms with Crippen LogP contribution in [-0.2, 0) is 22.6 Å². The maximum absolute atomic E-state index is 12.1. The van der Waals surface area contributed by atoms with Gasteiger partial charge < -0.3 is 20.5 Å². The Morgan fingerprint density at radius 2 is 2.00 bits per heavy atom. The van der Waals surface area contributed by atoms with Crippen LogP contribution < -0.4 is 10.6 Å². The molecule has 0 bridgehead atoms. The van der Waals surface area contributed by atoms with Crippen molar-refractivity contribution in [3.63, 3.8) is 0 Å². The van der Waals surface area contributed by atoms with Crippen molar-refractivity contribution in [1.29, 1.82) is 0 Å². The highest BCUT2D eigenvalue weighted by molar-refractivity contribution is 5.85. The summed E-state index contributed by atoms with van der Waals surface area (Å²) in [6.45, 7) is 5.47. The number of halogens is 2. The first-order valence-electron chi connectivity index (χ1n) is 8.28. The number of ether oxygens (including phenoxy) is 1. The van der Waals surface area contributed by atoms with E-state index in [0.717, 1.165) is 38.4 Å². The van der Waals surface area contributed by atoms with Gasteiger partial charge in [-0.3, -0.25) is 9.69 Å². The highest BCUT2D eigenvalue weighted by atomic mass is 35.5. The third-order valence-electron chi connectivity index (χ3n) is 4.39. The lowest BCUT2D eigenvalue weighted by atomic mass is 10.1. The number of nitrogens with zero attached hydrogens (tertiary/aromatic N) is 1. The van der Waals surface area contributed by atoms with Gasteiger partial charge in [0.05, 0.1) is 25.4 Å². The van der Waals surface area contributed by atoms with Crippen LogP contribution in [0.4, 0.5) is 0 Å². The van der Waals surface area contributed by atoms with E-state index in [2.05, 4.69) is 27.7 Å². The van der Waals surface area contributed by atoms with Gasteiger partial charge in [0.1, 0.15) is 0 Å². The quantitative estimate of drug-likeness (QED) is 0.688. The minimum absolute atomic E-state index is 0. The Kier molecular flexibility index (Phi) is 9.71. The first-order valence-corrected chi connectivity index (χ1v) is 8.28. The number of nitrogens with one attached hydrogen (secondary N) is 2. The molecule has 2 aliphatic rings. The molecule has 8 heteroatoms. The zero-order chi connectivity index (χ0) is 16.1. The van der Waals surface area contributed by atoms with Gasteiger partial charge in [0.15, 0.2) is 0 Å². The molecule has 1 aromatic carbocycles. The summed E-state index contributed by atoms with van der Waals surface area (Å²) in [4.78, 5) is 14.4. The Bertz CT molecular complexity index is 542. The molecule has 2 saturated heterocycles. The second-order valence-corrected chi connectivity index (χ2v) is 6.28. The number of carbonyl (C=O) groups is 1. The van der Waals surface area contributed by atoms with Gasteiger partial charge in [0, 0.05) is 32.7 Å². The van der Waals surface area contributed by atoms with E-state index in [1.54, 1.807) is 0 Å². The molecule has 25 heavy (non-hydrogen) atoms. The Labute approximate surface area is 161 Å². The number of morpholine rings is 1. The van der Waals surface area contributed by atoms with Crippen LogP contribution >= 0.6 is 24.8 Å². The van der Waals surface area contributed by atoms with Crippen LogP contribution in [-0.4, -0.2) is 60.9 Å². The molecule has 0 radical (unpaired) electrons. The molecule has 0 spiro atoms. The summed E-state index contributed by atoms with van der Waals surface area (Å²) in [5.74, 6) is -0.0415. The third-order valence-corrected chi connectivity index (χ3v) is 4.39. The molecule has 2 unspecified atom stereocenters. The number of benzene rings is 1. The molecule has 142 valence electrons. The number of rotatable bonds is 5. The molecule has 0 aliphatic carbocycles. The van der Waals surface area contributed by atoms with Gasteiger partial charge in [-0.25, -0.2) is 0 Å². The van der Waals surface area contributed by atoms with Crippen molar-refractivity contribution < 1.29 is 14.6 Å². The van der Waals surface area contributed by atoms with Crippen LogP contribution in [0.2, 0.25) is 0 Å². The van der Waals surface area contributed by atoms with Gasteiger partial charge in [0.2, 0.25) is 5.91 Å². The molecular formula is C17H27Cl2N3O3. The normalized spacial score (nSPS) is 23.4. The van der Waals surface area contributed by atoms with Crippen LogP contribution in [0.15, 0.2) is 24.3 Å². The SMILES string of the molecule is Cl.Cl.O=C(NCc1cccc(CN2CCOCC2)c1)C1CC(O)CN1. The van der Waals surface area contributed by atoms with E-state index in [-0.39, 0.29) is 36.8 Å². The van der Waals surface area contributed by atoms with E-state index in [1.165, 1.54) is 5.56 Å². The molecule has 2 heterocycles. The smallest absolute Gasteiger partial charge is 0.237 e. The molecule has 0 aromatic heterocycles. The number of amides is 1. The monoisotopic (exact) mass is 391 g/mol. The average Bonchev–Trinajstić information content (AvgIpc) is 3.01. The molecular weight excluding hydrogens is 365 g/mol. The fourth-order valence-corrected chi connectivity index (χ4v) is 3.08. The van der Waals surface area contributed by atoms with Gasteiger partial charge in [-0.1, -0.05) is 24.3 Å². The molecule has 6 nitrogen and oxygen atoms in total. The lowest BCUT2D eigenvalue weighted by molar-refractivity contribution is -0.123. The second kappa shape index (κ2) is 11.0. The Morgan fingerprint density at radius 1 is 1.28 bits per heavy atom. The highest BCUT2D eigenvalue weighted by Gasteiger charge is 2.27. The first kappa shape index (κ1) is 22.2. The highest BCUT2D eigenvalue weighted by Crippen LogP contribution is 2.11. The summed E-state index contributed by atoms with van der Waals surface area (Å²) >= 11 is 0. The van der Waals surface area contributed by atoms with Gasteiger partial charge in [-0.05, 0) is 17.5 Å². The van der Waals surface area contributed by atoms with E-state index < -0.39 is 6.10 Å². The summed E-state index contributed by atoms with van der Waals surface area (Å²) in [6.07, 6.45) is 0.0747. The lowest BCUT2D eigenvalue weighted by Gasteiger charge is -2.26. The van der Waals surface area contributed by atoms with Gasteiger partial charge in [-0.2, -0.15) is 0 Å². The number of aliphatic hydroxyl groups excluding tert-OH is 1. The topological polar surface area (TPSA) is 73.8 Å². The van der Waals surface area contributed by atoms with Crippen LogP contribution in [0, 0.1) is 0 Å². The van der Waals surface area contributed by atoms with Crippen molar-refractivity contribution in [2.75, 3.05) is 32.8 Å². The maximum atomic E-state index is 12.1. The summed E-state index contributed by atoms with van der Waals surface area (Å²) in [6, 6.07) is 8.05. The molecule has 2 fully saturated rings. The van der Waals surface area contributed by atoms with Crippen molar-refractivity contribution in [2.45, 2.75) is 31.7 Å². The van der Waals surface area contributed by atoms with Crippen LogP contribution in [0.5, 0.6) is 0 Å². The van der Waals surface area contributed by atoms with Crippen molar-refractivity contribution in [2.24, 2.45) is 0 Å². The minimum atomic E-state index is -0.414. The average molecular weight is 392 g/mol. The van der Waals surface area contributed by atoms with Crippen LogP contribution in [0.25, 0.3) is 0 Å². The minimum Gasteiger partial charge on any atom is -0.392 e. The Balaban J connectivity index is 0.00000156. The molecule has 1 aromatic rings. The number of β-amino-alcohol motifs (C(OH)–C–C–N with tert-alkyl or cyclic N) is 1. The summed E-state index contributed by atoms with van der Waals surface area (Å²) in [5, 5.41) is 15.4. The van der Waals surface area contributed by atoms with Crippen LogP contribution in [0.3, 0.4) is 0 Å². The Hall–Kier alpha value is -0.890. The van der Waals surface area contributed by atoms with E-state index >= 15 is 0 Å². The molecule has 3 rings (SSSR count). The van der Waals surface area contributed by atoms with Crippen molar-refractivity contribution in [3.8, 4) is 0 Å². The van der Waals surface area contributed by atoms with Gasteiger partial charge in [-0.15, -0.1) is 24.8 Å².